The quantitative estimate of drug-likeness (QED) is 0.848. The molecule has 0 heterocycles. The van der Waals surface area contributed by atoms with Crippen LogP contribution in [-0.2, 0) is 16.0 Å². The zero-order valence-electron chi connectivity index (χ0n) is 14.4. The van der Waals surface area contributed by atoms with Crippen LogP contribution >= 0.6 is 0 Å². The van der Waals surface area contributed by atoms with Gasteiger partial charge < -0.3 is 15.0 Å². The predicted molar refractivity (Wildman–Crippen MR) is 94.6 cm³/mol. The number of nitrogens with one attached hydrogen (secondary N) is 1. The molecule has 0 saturated heterocycles. The molecule has 2 amide bonds. The molecule has 25 heavy (non-hydrogen) atoms. The van der Waals surface area contributed by atoms with Crippen molar-refractivity contribution in [2.45, 2.75) is 6.42 Å². The van der Waals surface area contributed by atoms with E-state index in [1.54, 1.807) is 50.5 Å². The van der Waals surface area contributed by atoms with Gasteiger partial charge in [0.2, 0.25) is 5.91 Å². The molecule has 0 aliphatic heterocycles. The van der Waals surface area contributed by atoms with Crippen molar-refractivity contribution >= 4 is 23.5 Å². The average molecular weight is 340 g/mol. The molecule has 0 spiro atoms. The van der Waals surface area contributed by atoms with Gasteiger partial charge in [-0.15, -0.1) is 0 Å². The van der Waals surface area contributed by atoms with Crippen molar-refractivity contribution in [2.75, 3.05) is 26.5 Å². The Bertz CT molecular complexity index is 765. The van der Waals surface area contributed by atoms with Crippen LogP contribution in [0, 0.1) is 0 Å². The Kier molecular flexibility index (Phi) is 5.89. The van der Waals surface area contributed by atoms with Crippen molar-refractivity contribution in [3.05, 3.63) is 65.2 Å². The molecule has 2 rings (SSSR count). The van der Waals surface area contributed by atoms with E-state index >= 15 is 0 Å². The van der Waals surface area contributed by atoms with Gasteiger partial charge in [-0.3, -0.25) is 9.59 Å². The number of carbonyl (C=O) groups is 3. The number of hydrogen-bond donors (Lipinski definition) is 1. The highest BCUT2D eigenvalue weighted by molar-refractivity contribution is 6.04. The number of esters is 1. The van der Waals surface area contributed by atoms with Crippen LogP contribution in [0.15, 0.2) is 48.5 Å². The molecule has 2 aromatic rings. The summed E-state index contributed by atoms with van der Waals surface area (Å²) >= 11 is 0. The monoisotopic (exact) mass is 340 g/mol. The van der Waals surface area contributed by atoms with Crippen LogP contribution in [0.25, 0.3) is 0 Å². The Morgan fingerprint density at radius 1 is 0.920 bits per heavy atom. The summed E-state index contributed by atoms with van der Waals surface area (Å²) in [5, 5.41) is 2.77. The summed E-state index contributed by atoms with van der Waals surface area (Å²) in [5.74, 6) is -0.717. The molecule has 0 radical (unpaired) electrons. The number of methoxy groups -OCH3 is 1. The van der Waals surface area contributed by atoms with E-state index < -0.39 is 5.97 Å². The number of carbonyl (C=O) groups excluding carboxylic acids is 3. The van der Waals surface area contributed by atoms with Gasteiger partial charge in [0.05, 0.1) is 19.1 Å². The minimum absolute atomic E-state index is 0.0162. The lowest BCUT2D eigenvalue weighted by Gasteiger charge is -2.10. The summed E-state index contributed by atoms with van der Waals surface area (Å²) < 4.78 is 4.62. The lowest BCUT2D eigenvalue weighted by Crippen LogP contribution is -2.23. The zero-order valence-corrected chi connectivity index (χ0v) is 14.4. The van der Waals surface area contributed by atoms with Gasteiger partial charge in [-0.05, 0) is 42.0 Å². The molecule has 0 unspecified atom stereocenters. The molecule has 0 aliphatic rings. The fourth-order valence-corrected chi connectivity index (χ4v) is 2.12. The number of nitrogens with zero attached hydrogens (tertiary/aromatic N) is 1. The third-order valence-electron chi connectivity index (χ3n) is 3.63. The highest BCUT2D eigenvalue weighted by Gasteiger charge is 2.10. The molecule has 0 aromatic heterocycles. The Labute approximate surface area is 146 Å². The van der Waals surface area contributed by atoms with Crippen molar-refractivity contribution in [3.63, 3.8) is 0 Å². The molecule has 0 atom stereocenters. The van der Waals surface area contributed by atoms with E-state index in [-0.39, 0.29) is 11.8 Å². The van der Waals surface area contributed by atoms with Gasteiger partial charge in [0.15, 0.2) is 0 Å². The standard InChI is InChI=1S/C19H20N2O4/c1-21(2)17(22)12-13-4-10-16(11-5-13)20-18(23)14-6-8-15(9-7-14)19(24)25-3/h4-11H,12H2,1-3H3,(H,20,23). The third kappa shape index (κ3) is 4.91. The molecule has 6 nitrogen and oxygen atoms in total. The summed E-state index contributed by atoms with van der Waals surface area (Å²) in [6, 6.07) is 13.3. The van der Waals surface area contributed by atoms with Gasteiger partial charge in [-0.2, -0.15) is 0 Å². The van der Waals surface area contributed by atoms with E-state index in [9.17, 15) is 14.4 Å². The van der Waals surface area contributed by atoms with E-state index in [1.165, 1.54) is 24.1 Å². The average Bonchev–Trinajstić information content (AvgIpc) is 2.62. The van der Waals surface area contributed by atoms with E-state index in [2.05, 4.69) is 10.1 Å². The van der Waals surface area contributed by atoms with E-state index in [1.807, 2.05) is 0 Å². The van der Waals surface area contributed by atoms with E-state index in [0.717, 1.165) is 5.56 Å². The molecular weight excluding hydrogens is 320 g/mol. The summed E-state index contributed by atoms with van der Waals surface area (Å²) in [6.07, 6.45) is 0.316. The van der Waals surface area contributed by atoms with Crippen molar-refractivity contribution in [1.82, 2.24) is 4.90 Å². The number of anilines is 1. The third-order valence-corrected chi connectivity index (χ3v) is 3.63. The number of hydrogen-bond acceptors (Lipinski definition) is 4. The molecule has 0 aliphatic carbocycles. The Morgan fingerprint density at radius 3 is 2.00 bits per heavy atom. The maximum Gasteiger partial charge on any atom is 0.337 e. The van der Waals surface area contributed by atoms with Gasteiger partial charge in [0.1, 0.15) is 0 Å². The lowest BCUT2D eigenvalue weighted by molar-refractivity contribution is -0.127. The van der Waals surface area contributed by atoms with E-state index in [4.69, 9.17) is 0 Å². The van der Waals surface area contributed by atoms with Gasteiger partial charge in [-0.25, -0.2) is 4.79 Å². The van der Waals surface area contributed by atoms with Crippen molar-refractivity contribution in [2.24, 2.45) is 0 Å². The number of ether oxygens (including phenoxy) is 1. The molecule has 0 bridgehead atoms. The van der Waals surface area contributed by atoms with Crippen LogP contribution in [0.2, 0.25) is 0 Å². The van der Waals surface area contributed by atoms with Crippen molar-refractivity contribution in [3.8, 4) is 0 Å². The van der Waals surface area contributed by atoms with Crippen LogP contribution in [-0.4, -0.2) is 43.9 Å². The highest BCUT2D eigenvalue weighted by atomic mass is 16.5. The number of likely N-dealkylation sites (N-methyl/N-ethyl adjacent to an activating group) is 1. The Balaban J connectivity index is 2.00. The second kappa shape index (κ2) is 8.10. The number of amides is 2. The summed E-state index contributed by atoms with van der Waals surface area (Å²) in [4.78, 5) is 36.8. The molecule has 6 heteroatoms. The largest absolute Gasteiger partial charge is 0.465 e. The fourth-order valence-electron chi connectivity index (χ4n) is 2.12. The summed E-state index contributed by atoms with van der Waals surface area (Å²) in [7, 11) is 4.73. The first-order valence-electron chi connectivity index (χ1n) is 7.69. The molecule has 130 valence electrons. The molecule has 2 aromatic carbocycles. The predicted octanol–water partition coefficient (Wildman–Crippen LogP) is 2.36. The molecular formula is C19H20N2O4. The van der Waals surface area contributed by atoms with Crippen LogP contribution in [0.1, 0.15) is 26.3 Å². The second-order valence-electron chi connectivity index (χ2n) is 5.68. The number of benzene rings is 2. The SMILES string of the molecule is COC(=O)c1ccc(C(=O)Nc2ccc(CC(=O)N(C)C)cc2)cc1. The fraction of sp³-hybridized carbons (Fsp3) is 0.211. The molecule has 1 N–H and O–H groups in total. The topological polar surface area (TPSA) is 75.7 Å². The van der Waals surface area contributed by atoms with Crippen LogP contribution in [0.5, 0.6) is 0 Å². The zero-order chi connectivity index (χ0) is 18.4. The first kappa shape index (κ1) is 18.2. The molecule has 0 fully saturated rings. The Hall–Kier alpha value is -3.15. The first-order chi connectivity index (χ1) is 11.9. The molecule has 0 saturated carbocycles. The van der Waals surface area contributed by atoms with Gasteiger partial charge in [-0.1, -0.05) is 12.1 Å². The maximum atomic E-state index is 12.2. The highest BCUT2D eigenvalue weighted by Crippen LogP contribution is 2.13. The smallest absolute Gasteiger partial charge is 0.337 e. The van der Waals surface area contributed by atoms with Crippen LogP contribution in [0.3, 0.4) is 0 Å². The van der Waals surface area contributed by atoms with Crippen LogP contribution in [0.4, 0.5) is 5.69 Å². The minimum atomic E-state index is -0.449. The van der Waals surface area contributed by atoms with Crippen molar-refractivity contribution in [1.29, 1.82) is 0 Å². The normalized spacial score (nSPS) is 10.0. The van der Waals surface area contributed by atoms with Gasteiger partial charge in [0.25, 0.3) is 5.91 Å². The number of rotatable bonds is 5. The minimum Gasteiger partial charge on any atom is -0.465 e. The van der Waals surface area contributed by atoms with Crippen molar-refractivity contribution < 1.29 is 19.1 Å². The second-order valence-corrected chi connectivity index (χ2v) is 5.68. The first-order valence-corrected chi connectivity index (χ1v) is 7.69. The lowest BCUT2D eigenvalue weighted by atomic mass is 10.1. The summed E-state index contributed by atoms with van der Waals surface area (Å²) in [5.41, 5.74) is 2.32. The maximum absolute atomic E-state index is 12.2. The summed E-state index contributed by atoms with van der Waals surface area (Å²) in [6.45, 7) is 0. The van der Waals surface area contributed by atoms with Gasteiger partial charge >= 0.3 is 5.97 Å². The van der Waals surface area contributed by atoms with Gasteiger partial charge in [0, 0.05) is 25.3 Å². The van der Waals surface area contributed by atoms with E-state index in [0.29, 0.717) is 23.2 Å². The van der Waals surface area contributed by atoms with Crippen LogP contribution < -0.4 is 5.32 Å². The Morgan fingerprint density at radius 2 is 1.48 bits per heavy atom.